The van der Waals surface area contributed by atoms with Crippen LogP contribution in [-0.2, 0) is 0 Å². The molecule has 0 aromatic carbocycles. The summed E-state index contributed by atoms with van der Waals surface area (Å²) >= 11 is 8.02. The number of rotatable bonds is 3. The largest absolute Gasteiger partial charge is 0.391 e. The molecular weight excluding hydrogens is 140 g/mol. The van der Waals surface area contributed by atoms with Crippen LogP contribution in [0.4, 0.5) is 0 Å². The molecule has 3 heteroatoms. The Hall–Kier alpha value is 0.660. The van der Waals surface area contributed by atoms with Crippen LogP contribution in [-0.4, -0.2) is 22.2 Å². The molecule has 1 nitrogen and oxygen atoms in total. The molecular formula is C5H12OS2. The zero-order chi connectivity index (χ0) is 6.57. The molecule has 0 heterocycles. The molecule has 0 radical (unpaired) electrons. The summed E-state index contributed by atoms with van der Waals surface area (Å²) in [5.41, 5.74) is 0. The molecule has 0 aliphatic carbocycles. The van der Waals surface area contributed by atoms with Crippen LogP contribution in [0.1, 0.15) is 13.3 Å². The van der Waals surface area contributed by atoms with Crippen molar-refractivity contribution in [1.82, 2.24) is 0 Å². The van der Waals surface area contributed by atoms with Crippen molar-refractivity contribution in [2.45, 2.75) is 24.7 Å². The Labute approximate surface area is 61.3 Å². The predicted molar refractivity (Wildman–Crippen MR) is 42.9 cm³/mol. The maximum Gasteiger partial charge on any atom is 0.0743 e. The van der Waals surface area contributed by atoms with Gasteiger partial charge >= 0.3 is 0 Å². The summed E-state index contributed by atoms with van der Waals surface area (Å²) < 4.78 is 0. The lowest BCUT2D eigenvalue weighted by Gasteiger charge is -2.12. The predicted octanol–water partition coefficient (Wildman–Crippen LogP) is 0.985. The van der Waals surface area contributed by atoms with E-state index < -0.39 is 0 Å². The minimum atomic E-state index is -0.355. The molecule has 0 rings (SSSR count). The normalized spacial score (nSPS) is 18.0. The lowest BCUT2D eigenvalue weighted by molar-refractivity contribution is 0.195. The van der Waals surface area contributed by atoms with Crippen molar-refractivity contribution in [2.24, 2.45) is 0 Å². The standard InChI is InChI=1S/C5H12OS2/c1-2-5(8)4(6)3-7/h4-8H,2-3H2,1H3. The van der Waals surface area contributed by atoms with Gasteiger partial charge in [-0.15, -0.1) is 0 Å². The summed E-state index contributed by atoms with van der Waals surface area (Å²) in [5.74, 6) is 0.502. The molecule has 0 bridgehead atoms. The third kappa shape index (κ3) is 2.84. The van der Waals surface area contributed by atoms with Crippen LogP contribution in [0.15, 0.2) is 0 Å². The van der Waals surface area contributed by atoms with Crippen molar-refractivity contribution in [2.75, 3.05) is 5.75 Å². The Kier molecular flexibility index (Phi) is 4.90. The van der Waals surface area contributed by atoms with E-state index in [2.05, 4.69) is 25.3 Å². The maximum absolute atomic E-state index is 8.97. The van der Waals surface area contributed by atoms with Crippen molar-refractivity contribution in [3.8, 4) is 0 Å². The first-order valence-electron chi connectivity index (χ1n) is 2.69. The Balaban J connectivity index is 3.29. The fourth-order valence-electron chi connectivity index (χ4n) is 0.394. The minimum Gasteiger partial charge on any atom is -0.391 e. The third-order valence-electron chi connectivity index (χ3n) is 1.05. The van der Waals surface area contributed by atoms with E-state index in [4.69, 9.17) is 5.11 Å². The van der Waals surface area contributed by atoms with Gasteiger partial charge in [0.1, 0.15) is 0 Å². The number of aliphatic hydroxyl groups excluding tert-OH is 1. The topological polar surface area (TPSA) is 20.2 Å². The number of hydrogen-bond donors (Lipinski definition) is 3. The quantitative estimate of drug-likeness (QED) is 0.515. The lowest BCUT2D eigenvalue weighted by atomic mass is 10.2. The maximum atomic E-state index is 8.97. The molecule has 0 saturated heterocycles. The molecule has 8 heavy (non-hydrogen) atoms. The van der Waals surface area contributed by atoms with Crippen LogP contribution in [0.2, 0.25) is 0 Å². The number of hydrogen-bond acceptors (Lipinski definition) is 3. The fraction of sp³-hybridized carbons (Fsp3) is 1.00. The monoisotopic (exact) mass is 152 g/mol. The van der Waals surface area contributed by atoms with Gasteiger partial charge in [0.15, 0.2) is 0 Å². The highest BCUT2D eigenvalue weighted by Gasteiger charge is 2.09. The van der Waals surface area contributed by atoms with Crippen molar-refractivity contribution in [3.63, 3.8) is 0 Å². The molecule has 2 unspecified atom stereocenters. The Morgan fingerprint density at radius 1 is 1.62 bits per heavy atom. The number of aliphatic hydroxyl groups is 1. The van der Waals surface area contributed by atoms with Gasteiger partial charge in [0, 0.05) is 11.0 Å². The first-order chi connectivity index (χ1) is 3.72. The SMILES string of the molecule is CCC(S)C(O)CS. The molecule has 0 amide bonds. The summed E-state index contributed by atoms with van der Waals surface area (Å²) in [6, 6.07) is 0. The number of thiol groups is 2. The smallest absolute Gasteiger partial charge is 0.0743 e. The van der Waals surface area contributed by atoms with E-state index >= 15 is 0 Å². The van der Waals surface area contributed by atoms with Crippen molar-refractivity contribution >= 4 is 25.3 Å². The second-order valence-corrected chi connectivity index (χ2v) is 2.75. The highest BCUT2D eigenvalue weighted by molar-refractivity contribution is 7.81. The molecule has 0 aliphatic rings. The van der Waals surface area contributed by atoms with E-state index in [9.17, 15) is 0 Å². The molecule has 0 spiro atoms. The van der Waals surface area contributed by atoms with Crippen LogP contribution in [0, 0.1) is 0 Å². The molecule has 0 aromatic rings. The van der Waals surface area contributed by atoms with Crippen LogP contribution < -0.4 is 0 Å². The van der Waals surface area contributed by atoms with E-state index in [1.54, 1.807) is 0 Å². The summed E-state index contributed by atoms with van der Waals surface area (Å²) in [7, 11) is 0. The second kappa shape index (κ2) is 4.53. The first-order valence-corrected chi connectivity index (χ1v) is 3.84. The average Bonchev–Trinajstić information content (AvgIpc) is 1.84. The lowest BCUT2D eigenvalue weighted by Crippen LogP contribution is -2.21. The summed E-state index contributed by atoms with van der Waals surface area (Å²) in [5, 5.41) is 9.06. The van der Waals surface area contributed by atoms with Gasteiger partial charge in [-0.2, -0.15) is 25.3 Å². The zero-order valence-corrected chi connectivity index (χ0v) is 6.70. The minimum absolute atomic E-state index is 0.0903. The molecule has 0 aromatic heterocycles. The van der Waals surface area contributed by atoms with E-state index in [0.29, 0.717) is 5.75 Å². The Morgan fingerprint density at radius 2 is 2.12 bits per heavy atom. The van der Waals surface area contributed by atoms with Gasteiger partial charge in [-0.05, 0) is 6.42 Å². The molecule has 0 fully saturated rings. The van der Waals surface area contributed by atoms with Crippen LogP contribution >= 0.6 is 25.3 Å². The molecule has 50 valence electrons. The highest BCUT2D eigenvalue weighted by Crippen LogP contribution is 2.06. The molecule has 1 N–H and O–H groups in total. The molecule has 0 aliphatic heterocycles. The second-order valence-electron chi connectivity index (χ2n) is 1.73. The van der Waals surface area contributed by atoms with E-state index in [-0.39, 0.29) is 11.4 Å². The van der Waals surface area contributed by atoms with E-state index in [1.807, 2.05) is 6.92 Å². The van der Waals surface area contributed by atoms with Crippen LogP contribution in [0.3, 0.4) is 0 Å². The van der Waals surface area contributed by atoms with E-state index in [1.165, 1.54) is 0 Å². The molecule has 2 atom stereocenters. The molecule has 0 saturated carbocycles. The van der Waals surface area contributed by atoms with Gasteiger partial charge < -0.3 is 5.11 Å². The third-order valence-corrected chi connectivity index (χ3v) is 2.13. The zero-order valence-electron chi connectivity index (χ0n) is 4.91. The van der Waals surface area contributed by atoms with Crippen LogP contribution in [0.5, 0.6) is 0 Å². The van der Waals surface area contributed by atoms with Gasteiger partial charge in [0.25, 0.3) is 0 Å². The first kappa shape index (κ1) is 8.66. The highest BCUT2D eigenvalue weighted by atomic mass is 32.1. The summed E-state index contributed by atoms with van der Waals surface area (Å²) in [6.45, 7) is 1.99. The van der Waals surface area contributed by atoms with Gasteiger partial charge in [0.05, 0.1) is 6.10 Å². The fourth-order valence-corrected chi connectivity index (χ4v) is 0.920. The van der Waals surface area contributed by atoms with Gasteiger partial charge in [-0.25, -0.2) is 0 Å². The van der Waals surface area contributed by atoms with Gasteiger partial charge in [-0.3, -0.25) is 0 Å². The van der Waals surface area contributed by atoms with Gasteiger partial charge in [-0.1, -0.05) is 6.92 Å². The van der Waals surface area contributed by atoms with Crippen molar-refractivity contribution in [3.05, 3.63) is 0 Å². The summed E-state index contributed by atoms with van der Waals surface area (Å²) in [4.78, 5) is 0. The van der Waals surface area contributed by atoms with Crippen molar-refractivity contribution in [1.29, 1.82) is 0 Å². The summed E-state index contributed by atoms with van der Waals surface area (Å²) in [6.07, 6.45) is 0.539. The van der Waals surface area contributed by atoms with E-state index in [0.717, 1.165) is 6.42 Å². The average molecular weight is 152 g/mol. The Bertz CT molecular complexity index is 50.4. The van der Waals surface area contributed by atoms with Gasteiger partial charge in [0.2, 0.25) is 0 Å². The van der Waals surface area contributed by atoms with Crippen molar-refractivity contribution < 1.29 is 5.11 Å². The Morgan fingerprint density at radius 3 is 2.25 bits per heavy atom. The van der Waals surface area contributed by atoms with Crippen LogP contribution in [0.25, 0.3) is 0 Å².